The Bertz CT molecular complexity index is 1200. The van der Waals surface area contributed by atoms with Gasteiger partial charge < -0.3 is 14.4 Å². The van der Waals surface area contributed by atoms with Gasteiger partial charge in [0.25, 0.3) is 0 Å². The second kappa shape index (κ2) is 10.5. The van der Waals surface area contributed by atoms with Gasteiger partial charge >= 0.3 is 0 Å². The minimum atomic E-state index is -0.418. The van der Waals surface area contributed by atoms with Crippen molar-refractivity contribution < 1.29 is 19.1 Å². The van der Waals surface area contributed by atoms with E-state index >= 15 is 0 Å². The first-order valence-electron chi connectivity index (χ1n) is 12.9. The van der Waals surface area contributed by atoms with Gasteiger partial charge in [-0.1, -0.05) is 48.9 Å². The van der Waals surface area contributed by atoms with Gasteiger partial charge in [-0.2, -0.15) is 0 Å². The van der Waals surface area contributed by atoms with Crippen molar-refractivity contribution in [1.82, 2.24) is 4.90 Å². The molecule has 2 aromatic rings. The SMILES string of the molecule is CCCN1C2=C(C(=O)CCC2)C(c2cc(Cl)c(OCc3ccccc3)c(OC)c2)C2=C1CCCC2=O. The number of ether oxygens (including phenoxy) is 2. The highest BCUT2D eigenvalue weighted by Gasteiger charge is 2.43. The summed E-state index contributed by atoms with van der Waals surface area (Å²) in [6.45, 7) is 3.31. The lowest BCUT2D eigenvalue weighted by molar-refractivity contribution is -0.117. The lowest BCUT2D eigenvalue weighted by Crippen LogP contribution is -2.39. The molecule has 1 aliphatic heterocycles. The minimum Gasteiger partial charge on any atom is -0.493 e. The quantitative estimate of drug-likeness (QED) is 0.416. The molecule has 5 rings (SSSR count). The summed E-state index contributed by atoms with van der Waals surface area (Å²) >= 11 is 6.78. The molecule has 3 aliphatic rings. The van der Waals surface area contributed by atoms with Crippen LogP contribution in [-0.4, -0.2) is 30.1 Å². The number of hydrogen-bond acceptors (Lipinski definition) is 5. The molecule has 0 saturated heterocycles. The molecule has 0 saturated carbocycles. The molecule has 0 amide bonds. The fourth-order valence-corrected chi connectivity index (χ4v) is 6.09. The Kier molecular flexibility index (Phi) is 7.20. The van der Waals surface area contributed by atoms with Gasteiger partial charge in [-0.05, 0) is 55.4 Å². The van der Waals surface area contributed by atoms with Crippen molar-refractivity contribution in [2.24, 2.45) is 0 Å². The predicted octanol–water partition coefficient (Wildman–Crippen LogP) is 6.75. The molecule has 0 aromatic heterocycles. The second-order valence-corrected chi connectivity index (χ2v) is 10.1. The molecule has 1 heterocycles. The number of allylic oxidation sites excluding steroid dienone is 4. The normalized spacial score (nSPS) is 18.4. The highest BCUT2D eigenvalue weighted by atomic mass is 35.5. The Morgan fingerprint density at radius 3 is 2.17 bits per heavy atom. The molecule has 0 N–H and O–H groups in total. The summed E-state index contributed by atoms with van der Waals surface area (Å²) in [5.74, 6) is 0.806. The number of nitrogens with zero attached hydrogens (tertiary/aromatic N) is 1. The number of hydrogen-bond donors (Lipinski definition) is 0. The first kappa shape index (κ1) is 24.6. The molecule has 0 fully saturated rings. The zero-order chi connectivity index (χ0) is 25.2. The van der Waals surface area contributed by atoms with E-state index in [0.717, 1.165) is 72.3 Å². The van der Waals surface area contributed by atoms with E-state index in [1.54, 1.807) is 7.11 Å². The highest BCUT2D eigenvalue weighted by Crippen LogP contribution is 2.51. The third-order valence-electron chi connectivity index (χ3n) is 7.34. The number of carbonyl (C=O) groups excluding carboxylic acids is 2. The van der Waals surface area contributed by atoms with Crippen molar-refractivity contribution >= 4 is 23.2 Å². The van der Waals surface area contributed by atoms with Gasteiger partial charge in [-0.25, -0.2) is 0 Å². The summed E-state index contributed by atoms with van der Waals surface area (Å²) in [4.78, 5) is 29.1. The minimum absolute atomic E-state index is 0.131. The van der Waals surface area contributed by atoms with Crippen LogP contribution in [0.5, 0.6) is 11.5 Å². The molecule has 6 heteroatoms. The third-order valence-corrected chi connectivity index (χ3v) is 7.63. The van der Waals surface area contributed by atoms with E-state index in [0.29, 0.717) is 36.0 Å². The number of halogens is 1. The first-order valence-corrected chi connectivity index (χ1v) is 13.3. The lowest BCUT2D eigenvalue weighted by atomic mass is 9.71. The average molecular weight is 506 g/mol. The standard InChI is InChI=1S/C30H32ClNO4/c1-3-15-32-22-11-7-13-24(33)28(22)27(29-23(32)12-8-14-25(29)34)20-16-21(31)30(26(17-20)35-2)36-18-19-9-5-4-6-10-19/h4-6,9-10,16-17,27H,3,7-8,11-15,18H2,1-2H3. The molecule has 0 bridgehead atoms. The summed E-state index contributed by atoms with van der Waals surface area (Å²) in [5, 5.41) is 0.409. The fraction of sp³-hybridized carbons (Fsp3) is 0.400. The van der Waals surface area contributed by atoms with Crippen molar-refractivity contribution in [1.29, 1.82) is 0 Å². The van der Waals surface area contributed by atoms with Gasteiger partial charge in [0.2, 0.25) is 0 Å². The second-order valence-electron chi connectivity index (χ2n) is 9.67. The number of Topliss-reactive ketones (excluding diaryl/α,β-unsaturated/α-hetero) is 2. The number of ketones is 2. The van der Waals surface area contributed by atoms with Crippen LogP contribution in [0.1, 0.15) is 68.9 Å². The molecular formula is C30H32ClNO4. The number of carbonyl (C=O) groups is 2. The smallest absolute Gasteiger partial charge is 0.180 e. The van der Waals surface area contributed by atoms with Gasteiger partial charge in [0.1, 0.15) is 6.61 Å². The van der Waals surface area contributed by atoms with Crippen LogP contribution in [0.2, 0.25) is 5.02 Å². The average Bonchev–Trinajstić information content (AvgIpc) is 2.89. The van der Waals surface area contributed by atoms with Crippen LogP contribution in [-0.2, 0) is 16.2 Å². The fourth-order valence-electron chi connectivity index (χ4n) is 5.82. The maximum atomic E-state index is 13.4. The molecule has 0 unspecified atom stereocenters. The van der Waals surface area contributed by atoms with E-state index in [1.807, 2.05) is 42.5 Å². The molecule has 2 aromatic carbocycles. The molecule has 2 aliphatic carbocycles. The van der Waals surface area contributed by atoms with Crippen LogP contribution in [0.4, 0.5) is 0 Å². The summed E-state index contributed by atoms with van der Waals surface area (Å²) in [7, 11) is 1.58. The van der Waals surface area contributed by atoms with Crippen molar-refractivity contribution in [3.8, 4) is 11.5 Å². The predicted molar refractivity (Wildman–Crippen MR) is 140 cm³/mol. The van der Waals surface area contributed by atoms with Crippen LogP contribution < -0.4 is 9.47 Å². The van der Waals surface area contributed by atoms with E-state index in [1.165, 1.54) is 0 Å². The largest absolute Gasteiger partial charge is 0.493 e. The summed E-state index contributed by atoms with van der Waals surface area (Å²) in [5.41, 5.74) is 5.54. The Hall–Kier alpha value is -3.05. The Labute approximate surface area is 217 Å². The van der Waals surface area contributed by atoms with Gasteiger partial charge in [0.05, 0.1) is 12.1 Å². The van der Waals surface area contributed by atoms with E-state index in [9.17, 15) is 9.59 Å². The topological polar surface area (TPSA) is 55.8 Å². The van der Waals surface area contributed by atoms with Crippen molar-refractivity contribution in [2.75, 3.05) is 13.7 Å². The zero-order valence-corrected chi connectivity index (χ0v) is 21.7. The van der Waals surface area contributed by atoms with Crippen LogP contribution in [0.15, 0.2) is 65.0 Å². The first-order chi connectivity index (χ1) is 17.5. The van der Waals surface area contributed by atoms with E-state index in [4.69, 9.17) is 21.1 Å². The van der Waals surface area contributed by atoms with Crippen molar-refractivity contribution in [3.63, 3.8) is 0 Å². The summed E-state index contributed by atoms with van der Waals surface area (Å²) < 4.78 is 11.8. The summed E-state index contributed by atoms with van der Waals surface area (Å²) in [6, 6.07) is 13.6. The number of rotatable bonds is 7. The van der Waals surface area contributed by atoms with Crippen LogP contribution in [0.3, 0.4) is 0 Å². The molecule has 0 spiro atoms. The molecule has 36 heavy (non-hydrogen) atoms. The van der Waals surface area contributed by atoms with E-state index < -0.39 is 5.92 Å². The molecule has 5 nitrogen and oxygen atoms in total. The Morgan fingerprint density at radius 2 is 1.58 bits per heavy atom. The number of benzene rings is 2. The lowest BCUT2D eigenvalue weighted by Gasteiger charge is -2.44. The van der Waals surface area contributed by atoms with Crippen LogP contribution in [0, 0.1) is 0 Å². The third kappa shape index (κ3) is 4.45. The zero-order valence-electron chi connectivity index (χ0n) is 20.9. The maximum absolute atomic E-state index is 13.4. The van der Waals surface area contributed by atoms with Gasteiger partial charge in [-0.3, -0.25) is 9.59 Å². The molecule has 188 valence electrons. The van der Waals surface area contributed by atoms with Crippen LogP contribution in [0.25, 0.3) is 0 Å². The van der Waals surface area contributed by atoms with Crippen LogP contribution >= 0.6 is 11.6 Å². The maximum Gasteiger partial charge on any atom is 0.180 e. The van der Waals surface area contributed by atoms with Gasteiger partial charge in [0, 0.05) is 47.8 Å². The molecular weight excluding hydrogens is 474 g/mol. The Balaban J connectivity index is 1.61. The van der Waals surface area contributed by atoms with Gasteiger partial charge in [-0.15, -0.1) is 0 Å². The molecule has 0 radical (unpaired) electrons. The van der Waals surface area contributed by atoms with Crippen molar-refractivity contribution in [3.05, 3.63) is 81.2 Å². The van der Waals surface area contributed by atoms with Gasteiger partial charge in [0.15, 0.2) is 23.1 Å². The number of methoxy groups -OCH3 is 1. The monoisotopic (exact) mass is 505 g/mol. The Morgan fingerprint density at radius 1 is 0.944 bits per heavy atom. The van der Waals surface area contributed by atoms with E-state index in [-0.39, 0.29) is 11.6 Å². The van der Waals surface area contributed by atoms with Crippen molar-refractivity contribution in [2.45, 2.75) is 64.4 Å². The summed E-state index contributed by atoms with van der Waals surface area (Å²) in [6.07, 6.45) is 5.37. The highest BCUT2D eigenvalue weighted by molar-refractivity contribution is 6.32. The van der Waals surface area contributed by atoms with E-state index in [2.05, 4.69) is 11.8 Å². The molecule has 0 atom stereocenters.